The third-order valence-corrected chi connectivity index (χ3v) is 3.87. The van der Waals surface area contributed by atoms with Crippen LogP contribution >= 0.6 is 11.6 Å². The Hall–Kier alpha value is -1.93. The van der Waals surface area contributed by atoms with Crippen LogP contribution in [0.2, 0.25) is 5.15 Å². The summed E-state index contributed by atoms with van der Waals surface area (Å²) in [7, 11) is 0. The van der Waals surface area contributed by atoms with E-state index in [9.17, 15) is 0 Å². The standard InChI is InChI=1S/C17H15ClN2/c1-10-6-4-7-11(2)14(10)17-19-15-12(3)8-5-9-13(15)16(18)20-17/h4-9H,1-3H3. The Morgan fingerprint density at radius 2 is 1.40 bits per heavy atom. The van der Waals surface area contributed by atoms with Gasteiger partial charge in [0.2, 0.25) is 0 Å². The van der Waals surface area contributed by atoms with E-state index in [0.29, 0.717) is 11.0 Å². The molecule has 0 atom stereocenters. The second-order valence-corrected chi connectivity index (χ2v) is 5.43. The molecule has 0 N–H and O–H groups in total. The highest BCUT2D eigenvalue weighted by molar-refractivity contribution is 6.34. The van der Waals surface area contributed by atoms with Crippen LogP contribution in [-0.2, 0) is 0 Å². The molecule has 0 aliphatic rings. The van der Waals surface area contributed by atoms with Crippen LogP contribution in [0.3, 0.4) is 0 Å². The monoisotopic (exact) mass is 282 g/mol. The number of aryl methyl sites for hydroxylation is 3. The summed E-state index contributed by atoms with van der Waals surface area (Å²) in [6.07, 6.45) is 0. The molecule has 3 heteroatoms. The summed E-state index contributed by atoms with van der Waals surface area (Å²) in [5, 5.41) is 1.41. The number of halogens is 1. The van der Waals surface area contributed by atoms with Crippen LogP contribution in [0.25, 0.3) is 22.3 Å². The largest absolute Gasteiger partial charge is 0.228 e. The molecule has 3 aromatic rings. The Morgan fingerprint density at radius 1 is 0.800 bits per heavy atom. The highest BCUT2D eigenvalue weighted by Crippen LogP contribution is 2.29. The summed E-state index contributed by atoms with van der Waals surface area (Å²) in [6, 6.07) is 12.2. The first-order chi connectivity index (χ1) is 9.58. The highest BCUT2D eigenvalue weighted by atomic mass is 35.5. The van der Waals surface area contributed by atoms with Crippen LogP contribution in [-0.4, -0.2) is 9.97 Å². The van der Waals surface area contributed by atoms with Crippen LogP contribution in [0.15, 0.2) is 36.4 Å². The van der Waals surface area contributed by atoms with Crippen molar-refractivity contribution in [2.45, 2.75) is 20.8 Å². The first kappa shape index (κ1) is 13.1. The van der Waals surface area contributed by atoms with E-state index in [4.69, 9.17) is 16.6 Å². The third-order valence-electron chi connectivity index (χ3n) is 3.59. The molecule has 0 radical (unpaired) electrons. The molecule has 20 heavy (non-hydrogen) atoms. The zero-order valence-electron chi connectivity index (χ0n) is 11.7. The highest BCUT2D eigenvalue weighted by Gasteiger charge is 2.12. The molecule has 0 aliphatic heterocycles. The van der Waals surface area contributed by atoms with Crippen LogP contribution < -0.4 is 0 Å². The van der Waals surface area contributed by atoms with Gasteiger partial charge in [-0.25, -0.2) is 9.97 Å². The van der Waals surface area contributed by atoms with E-state index in [0.717, 1.165) is 33.2 Å². The molecule has 3 rings (SSSR count). The minimum Gasteiger partial charge on any atom is -0.228 e. The lowest BCUT2D eigenvalue weighted by Crippen LogP contribution is -1.97. The van der Waals surface area contributed by atoms with Gasteiger partial charge in [0.25, 0.3) is 0 Å². The lowest BCUT2D eigenvalue weighted by Gasteiger charge is -2.11. The van der Waals surface area contributed by atoms with Crippen LogP contribution in [0.4, 0.5) is 0 Å². The zero-order valence-corrected chi connectivity index (χ0v) is 12.5. The quantitative estimate of drug-likeness (QED) is 0.595. The van der Waals surface area contributed by atoms with Crippen molar-refractivity contribution >= 4 is 22.5 Å². The molecule has 0 aliphatic carbocycles. The average Bonchev–Trinajstić information content (AvgIpc) is 2.40. The Kier molecular flexibility index (Phi) is 3.19. The lowest BCUT2D eigenvalue weighted by molar-refractivity contribution is 1.19. The van der Waals surface area contributed by atoms with Crippen LogP contribution in [0, 0.1) is 20.8 Å². The van der Waals surface area contributed by atoms with Gasteiger partial charge in [-0.2, -0.15) is 0 Å². The molecular weight excluding hydrogens is 268 g/mol. The summed E-state index contributed by atoms with van der Waals surface area (Å²) in [4.78, 5) is 9.22. The number of fused-ring (bicyclic) bond motifs is 1. The van der Waals surface area contributed by atoms with E-state index in [-0.39, 0.29) is 0 Å². The van der Waals surface area contributed by atoms with E-state index in [1.54, 1.807) is 0 Å². The number of hydrogen-bond acceptors (Lipinski definition) is 2. The normalized spacial score (nSPS) is 11.0. The van der Waals surface area contributed by atoms with Gasteiger partial charge >= 0.3 is 0 Å². The molecule has 1 heterocycles. The van der Waals surface area contributed by atoms with Crippen molar-refractivity contribution in [2.24, 2.45) is 0 Å². The molecule has 0 fully saturated rings. The third kappa shape index (κ3) is 2.06. The van der Waals surface area contributed by atoms with Crippen molar-refractivity contribution in [3.05, 3.63) is 58.2 Å². The van der Waals surface area contributed by atoms with Gasteiger partial charge in [-0.3, -0.25) is 0 Å². The van der Waals surface area contributed by atoms with Crippen molar-refractivity contribution in [3.63, 3.8) is 0 Å². The smallest absolute Gasteiger partial charge is 0.162 e. The Balaban J connectivity index is 2.36. The minimum atomic E-state index is 0.511. The molecule has 100 valence electrons. The van der Waals surface area contributed by atoms with Gasteiger partial charge < -0.3 is 0 Å². The lowest BCUT2D eigenvalue weighted by atomic mass is 10.0. The molecule has 1 aromatic heterocycles. The summed E-state index contributed by atoms with van der Waals surface area (Å²) in [5.41, 5.74) is 5.42. The molecule has 2 nitrogen and oxygen atoms in total. The van der Waals surface area contributed by atoms with Crippen molar-refractivity contribution in [3.8, 4) is 11.4 Å². The maximum atomic E-state index is 6.34. The van der Waals surface area contributed by atoms with E-state index >= 15 is 0 Å². The topological polar surface area (TPSA) is 25.8 Å². The zero-order chi connectivity index (χ0) is 14.3. The van der Waals surface area contributed by atoms with Crippen molar-refractivity contribution in [2.75, 3.05) is 0 Å². The van der Waals surface area contributed by atoms with Gasteiger partial charge in [-0.05, 0) is 43.5 Å². The van der Waals surface area contributed by atoms with Crippen molar-refractivity contribution in [1.82, 2.24) is 9.97 Å². The fourth-order valence-corrected chi connectivity index (χ4v) is 2.77. The second kappa shape index (κ2) is 4.88. The van der Waals surface area contributed by atoms with Crippen LogP contribution in [0.1, 0.15) is 16.7 Å². The molecule has 0 spiro atoms. The van der Waals surface area contributed by atoms with Gasteiger partial charge in [0.05, 0.1) is 5.52 Å². The van der Waals surface area contributed by atoms with Crippen molar-refractivity contribution < 1.29 is 0 Å². The fraction of sp³-hybridized carbons (Fsp3) is 0.176. The number of para-hydroxylation sites is 1. The van der Waals surface area contributed by atoms with Gasteiger partial charge in [0.1, 0.15) is 5.15 Å². The summed E-state index contributed by atoms with van der Waals surface area (Å²) in [6.45, 7) is 6.18. The second-order valence-electron chi connectivity index (χ2n) is 5.08. The number of aromatic nitrogens is 2. The minimum absolute atomic E-state index is 0.511. The van der Waals surface area contributed by atoms with E-state index in [2.05, 4.69) is 31.0 Å². The number of hydrogen-bond donors (Lipinski definition) is 0. The van der Waals surface area contributed by atoms with Gasteiger partial charge in [-0.15, -0.1) is 0 Å². The molecule has 0 amide bonds. The summed E-state index contributed by atoms with van der Waals surface area (Å²) in [5.74, 6) is 0.701. The summed E-state index contributed by atoms with van der Waals surface area (Å²) < 4.78 is 0. The first-order valence-electron chi connectivity index (χ1n) is 6.57. The van der Waals surface area contributed by atoms with Gasteiger partial charge in [0, 0.05) is 10.9 Å². The Labute approximate surface area is 123 Å². The SMILES string of the molecule is Cc1cccc(C)c1-c1nc(Cl)c2cccc(C)c2n1. The van der Waals surface area contributed by atoms with E-state index in [1.165, 1.54) is 0 Å². The number of nitrogens with zero attached hydrogens (tertiary/aromatic N) is 2. The fourth-order valence-electron chi connectivity index (χ4n) is 2.54. The predicted octanol–water partition coefficient (Wildman–Crippen LogP) is 4.88. The van der Waals surface area contributed by atoms with E-state index in [1.807, 2.05) is 31.2 Å². The first-order valence-corrected chi connectivity index (χ1v) is 6.95. The predicted molar refractivity (Wildman–Crippen MR) is 84.2 cm³/mol. The Morgan fingerprint density at radius 3 is 2.10 bits per heavy atom. The number of rotatable bonds is 1. The molecule has 0 unspecified atom stereocenters. The average molecular weight is 283 g/mol. The van der Waals surface area contributed by atoms with Gasteiger partial charge in [0.15, 0.2) is 5.82 Å². The Bertz CT molecular complexity index is 789. The molecular formula is C17H15ClN2. The van der Waals surface area contributed by atoms with Gasteiger partial charge in [-0.1, -0.05) is 41.9 Å². The van der Waals surface area contributed by atoms with Crippen molar-refractivity contribution in [1.29, 1.82) is 0 Å². The maximum Gasteiger partial charge on any atom is 0.162 e. The molecule has 2 aromatic carbocycles. The molecule has 0 bridgehead atoms. The number of benzene rings is 2. The molecule has 0 saturated carbocycles. The maximum absolute atomic E-state index is 6.34. The van der Waals surface area contributed by atoms with Crippen LogP contribution in [0.5, 0.6) is 0 Å². The summed E-state index contributed by atoms with van der Waals surface area (Å²) >= 11 is 6.34. The van der Waals surface area contributed by atoms with E-state index < -0.39 is 0 Å². The molecule has 0 saturated heterocycles.